The average Bonchev–Trinajstić information content (AvgIpc) is 3.47. The number of fused-ring (bicyclic) bond motifs is 1. The number of oxazole rings is 1. The summed E-state index contributed by atoms with van der Waals surface area (Å²) in [6.07, 6.45) is 0. The van der Waals surface area contributed by atoms with Gasteiger partial charge in [0.05, 0.1) is 6.07 Å². The molecule has 0 fully saturated rings. The molecule has 5 rings (SSSR count). The van der Waals surface area contributed by atoms with E-state index in [9.17, 15) is 14.9 Å². The molecule has 1 aliphatic heterocycles. The number of aryl methyl sites for hydroxylation is 1. The fourth-order valence-electron chi connectivity index (χ4n) is 3.74. The molecule has 176 valence electrons. The first-order valence-electron chi connectivity index (χ1n) is 10.7. The lowest BCUT2D eigenvalue weighted by molar-refractivity contribution is -0.402. The first-order valence-corrected chi connectivity index (χ1v) is 10.7. The molecule has 0 saturated heterocycles. The molecule has 2 atom stereocenters. The van der Waals surface area contributed by atoms with Crippen LogP contribution in [0.4, 0.5) is 17.6 Å². The van der Waals surface area contributed by atoms with Crippen molar-refractivity contribution in [2.24, 2.45) is 10.9 Å². The molecule has 11 nitrogen and oxygen atoms in total. The number of carbonyl (C=O) groups is 1. The van der Waals surface area contributed by atoms with E-state index in [4.69, 9.17) is 8.83 Å². The SMILES string of the molecule is C=C1NC(Nc2nc3ccccc3o2)=N[C@@H](c2ccc([N+](=O)[O-])o2)[C@H]1C(=O)Nc1ccc(C)cc1. The summed E-state index contributed by atoms with van der Waals surface area (Å²) in [5.74, 6) is -1.44. The lowest BCUT2D eigenvalue weighted by atomic mass is 9.92. The zero-order valence-electron chi connectivity index (χ0n) is 18.5. The van der Waals surface area contributed by atoms with Crippen LogP contribution in [0.15, 0.2) is 86.8 Å². The predicted molar refractivity (Wildman–Crippen MR) is 129 cm³/mol. The van der Waals surface area contributed by atoms with Gasteiger partial charge in [0, 0.05) is 11.4 Å². The van der Waals surface area contributed by atoms with Crippen molar-refractivity contribution in [3.8, 4) is 0 Å². The van der Waals surface area contributed by atoms with Crippen molar-refractivity contribution < 1.29 is 18.6 Å². The van der Waals surface area contributed by atoms with Gasteiger partial charge in [-0.05, 0) is 37.3 Å². The molecule has 0 spiro atoms. The van der Waals surface area contributed by atoms with Gasteiger partial charge in [-0.2, -0.15) is 4.98 Å². The van der Waals surface area contributed by atoms with Gasteiger partial charge in [-0.25, -0.2) is 4.99 Å². The molecule has 1 aliphatic rings. The number of benzene rings is 2. The van der Waals surface area contributed by atoms with E-state index in [-0.39, 0.29) is 17.7 Å². The van der Waals surface area contributed by atoms with Gasteiger partial charge >= 0.3 is 11.9 Å². The highest BCUT2D eigenvalue weighted by Crippen LogP contribution is 2.36. The Labute approximate surface area is 198 Å². The largest absolute Gasteiger partial charge is 0.433 e. The van der Waals surface area contributed by atoms with E-state index in [0.717, 1.165) is 5.56 Å². The number of anilines is 2. The maximum atomic E-state index is 13.3. The van der Waals surface area contributed by atoms with Crippen LogP contribution in [0.3, 0.4) is 0 Å². The standard InChI is InChI=1S/C24H20N6O5/c1-13-7-9-15(10-8-13)26-22(31)20-14(2)25-23(28-21(20)18-11-12-19(34-18)30(32)33)29-24-27-16-5-3-4-6-17(16)35-24/h3-12,20-21H,2H2,1H3,(H,26,31)(H2,25,27,28,29)/t20-,21-/m0/s1. The summed E-state index contributed by atoms with van der Waals surface area (Å²) in [5, 5.41) is 19.9. The third-order valence-corrected chi connectivity index (χ3v) is 5.44. The number of aliphatic imine (C=N–C) groups is 1. The Bertz CT molecular complexity index is 1440. The number of aromatic nitrogens is 1. The van der Waals surface area contributed by atoms with Crippen LogP contribution in [-0.4, -0.2) is 21.8 Å². The summed E-state index contributed by atoms with van der Waals surface area (Å²) in [5.41, 5.74) is 3.19. The second kappa shape index (κ2) is 8.78. The maximum absolute atomic E-state index is 13.3. The van der Waals surface area contributed by atoms with Crippen molar-refractivity contribution in [1.29, 1.82) is 0 Å². The topological polar surface area (TPSA) is 148 Å². The molecule has 2 aromatic carbocycles. The van der Waals surface area contributed by atoms with E-state index >= 15 is 0 Å². The number of guanidine groups is 1. The Kier molecular flexibility index (Phi) is 5.49. The van der Waals surface area contributed by atoms with Gasteiger partial charge in [-0.3, -0.25) is 20.2 Å². The van der Waals surface area contributed by atoms with Crippen LogP contribution >= 0.6 is 0 Å². The Morgan fingerprint density at radius 1 is 1.11 bits per heavy atom. The van der Waals surface area contributed by atoms with Crippen LogP contribution in [0.2, 0.25) is 0 Å². The van der Waals surface area contributed by atoms with Gasteiger partial charge in [-0.1, -0.05) is 36.4 Å². The van der Waals surface area contributed by atoms with Crippen molar-refractivity contribution in [3.63, 3.8) is 0 Å². The molecule has 4 aromatic rings. The number of para-hydroxylation sites is 2. The zero-order chi connectivity index (χ0) is 24.5. The number of nitrogens with zero attached hydrogens (tertiary/aromatic N) is 3. The summed E-state index contributed by atoms with van der Waals surface area (Å²) in [4.78, 5) is 32.7. The highest BCUT2D eigenvalue weighted by molar-refractivity contribution is 6.00. The van der Waals surface area contributed by atoms with Crippen LogP contribution in [-0.2, 0) is 4.79 Å². The summed E-state index contributed by atoms with van der Waals surface area (Å²) < 4.78 is 11.1. The van der Waals surface area contributed by atoms with Crippen LogP contribution in [0.5, 0.6) is 0 Å². The number of furan rings is 1. The fourth-order valence-corrected chi connectivity index (χ4v) is 3.74. The maximum Gasteiger partial charge on any atom is 0.433 e. The molecule has 1 amide bonds. The van der Waals surface area contributed by atoms with Gasteiger partial charge in [0.25, 0.3) is 0 Å². The van der Waals surface area contributed by atoms with E-state index < -0.39 is 28.7 Å². The number of hydrogen-bond donors (Lipinski definition) is 3. The third kappa shape index (κ3) is 4.47. The van der Waals surface area contributed by atoms with Crippen LogP contribution in [0, 0.1) is 23.0 Å². The molecule has 0 unspecified atom stereocenters. The lowest BCUT2D eigenvalue weighted by Crippen LogP contribution is -2.43. The van der Waals surface area contributed by atoms with Gasteiger partial charge in [0.2, 0.25) is 11.9 Å². The van der Waals surface area contributed by atoms with Crippen LogP contribution < -0.4 is 16.0 Å². The van der Waals surface area contributed by atoms with E-state index in [0.29, 0.717) is 22.5 Å². The second-order valence-electron chi connectivity index (χ2n) is 7.95. The van der Waals surface area contributed by atoms with Crippen molar-refractivity contribution >= 4 is 40.6 Å². The van der Waals surface area contributed by atoms with Crippen molar-refractivity contribution in [2.45, 2.75) is 13.0 Å². The number of rotatable bonds is 5. The molecule has 0 saturated carbocycles. The predicted octanol–water partition coefficient (Wildman–Crippen LogP) is 4.52. The van der Waals surface area contributed by atoms with E-state index in [1.807, 2.05) is 31.2 Å². The summed E-state index contributed by atoms with van der Waals surface area (Å²) in [6, 6.07) is 16.4. The number of amides is 1. The molecular formula is C24H20N6O5. The first kappa shape index (κ1) is 21.9. The minimum Gasteiger partial charge on any atom is -0.423 e. The Morgan fingerprint density at radius 3 is 2.60 bits per heavy atom. The van der Waals surface area contributed by atoms with Gasteiger partial charge in [-0.15, -0.1) is 0 Å². The first-order chi connectivity index (χ1) is 16.9. The van der Waals surface area contributed by atoms with Crippen molar-refractivity contribution in [2.75, 3.05) is 10.6 Å². The number of hydrogen-bond acceptors (Lipinski definition) is 9. The zero-order valence-corrected chi connectivity index (χ0v) is 18.5. The monoisotopic (exact) mass is 472 g/mol. The minimum absolute atomic E-state index is 0.139. The van der Waals surface area contributed by atoms with E-state index in [1.165, 1.54) is 12.1 Å². The normalized spacial score (nSPS) is 17.5. The fraction of sp³-hybridized carbons (Fsp3) is 0.125. The van der Waals surface area contributed by atoms with Gasteiger partial charge < -0.3 is 19.5 Å². The second-order valence-corrected chi connectivity index (χ2v) is 7.95. The molecule has 0 radical (unpaired) electrons. The number of nitro groups is 1. The van der Waals surface area contributed by atoms with Crippen molar-refractivity contribution in [1.82, 2.24) is 10.3 Å². The smallest absolute Gasteiger partial charge is 0.423 e. The molecule has 0 aliphatic carbocycles. The summed E-state index contributed by atoms with van der Waals surface area (Å²) >= 11 is 0. The van der Waals surface area contributed by atoms with Crippen LogP contribution in [0.25, 0.3) is 11.1 Å². The summed E-state index contributed by atoms with van der Waals surface area (Å²) in [7, 11) is 0. The molecule has 0 bridgehead atoms. The van der Waals surface area contributed by atoms with Crippen molar-refractivity contribution in [3.05, 3.63) is 94.4 Å². The molecule has 3 heterocycles. The molecule has 3 N–H and O–H groups in total. The number of nitrogens with one attached hydrogen (secondary N) is 3. The van der Waals surface area contributed by atoms with Gasteiger partial charge in [0.1, 0.15) is 28.2 Å². The van der Waals surface area contributed by atoms with E-state index in [2.05, 4.69) is 32.5 Å². The van der Waals surface area contributed by atoms with E-state index in [1.54, 1.807) is 24.3 Å². The van der Waals surface area contributed by atoms with Gasteiger partial charge in [0.15, 0.2) is 5.58 Å². The minimum atomic E-state index is -0.935. The summed E-state index contributed by atoms with van der Waals surface area (Å²) in [6.45, 7) is 5.95. The van der Waals surface area contributed by atoms with Crippen LogP contribution in [0.1, 0.15) is 17.4 Å². The third-order valence-electron chi connectivity index (χ3n) is 5.44. The Morgan fingerprint density at radius 2 is 1.89 bits per heavy atom. The molecule has 11 heteroatoms. The highest BCUT2D eigenvalue weighted by atomic mass is 16.6. The molecular weight excluding hydrogens is 452 g/mol. The number of carbonyl (C=O) groups excluding carboxylic acids is 1. The Hall–Kier alpha value is -4.93. The lowest BCUT2D eigenvalue weighted by Gasteiger charge is -2.30. The highest BCUT2D eigenvalue weighted by Gasteiger charge is 2.39. The molecule has 2 aromatic heterocycles. The average molecular weight is 472 g/mol. The quantitative estimate of drug-likeness (QED) is 0.284. The molecule has 35 heavy (non-hydrogen) atoms. The Balaban J connectivity index is 1.47.